The van der Waals surface area contributed by atoms with Crippen LogP contribution in [-0.4, -0.2) is 23.0 Å². The quantitative estimate of drug-likeness (QED) is 0.513. The molecule has 2 nitrogen and oxygen atoms in total. The second-order valence-electron chi connectivity index (χ2n) is 2.25. The second-order valence-corrected chi connectivity index (χ2v) is 3.70. The fourth-order valence-electron chi connectivity index (χ4n) is 0.829. The normalized spacial score (nSPS) is 10.5. The van der Waals surface area contributed by atoms with Gasteiger partial charge in [0.2, 0.25) is 0 Å². The van der Waals surface area contributed by atoms with Crippen molar-refractivity contribution in [3.63, 3.8) is 0 Å². The van der Waals surface area contributed by atoms with Gasteiger partial charge in [-0.25, -0.2) is 0 Å². The zero-order chi connectivity index (χ0) is 7.40. The van der Waals surface area contributed by atoms with Gasteiger partial charge in [0, 0.05) is 0 Å². The van der Waals surface area contributed by atoms with Gasteiger partial charge in [-0.3, -0.25) is 0 Å². The Morgan fingerprint density at radius 3 is 2.08 bits per heavy atom. The van der Waals surface area contributed by atoms with Gasteiger partial charge in [-0.2, -0.15) is 0 Å². The summed E-state index contributed by atoms with van der Waals surface area (Å²) in [5.74, 6) is 0. The van der Waals surface area contributed by atoms with E-state index in [1.807, 2.05) is 18.2 Å². The van der Waals surface area contributed by atoms with Crippen molar-refractivity contribution in [1.29, 1.82) is 0 Å². The summed E-state index contributed by atoms with van der Waals surface area (Å²) in [7, 11) is 2.17. The van der Waals surface area contributed by atoms with Gasteiger partial charge in [0.15, 0.2) is 7.28 Å². The van der Waals surface area contributed by atoms with Crippen molar-refractivity contribution in [2.45, 2.75) is 11.7 Å². The van der Waals surface area contributed by atoms with E-state index in [1.54, 1.807) is 0 Å². The lowest BCUT2D eigenvalue weighted by atomic mass is 9.68. The zero-order valence-corrected chi connectivity index (χ0v) is 8.51. The second kappa shape index (κ2) is 7.34. The molecule has 0 bridgehead atoms. The molecule has 0 aliphatic rings. The highest BCUT2D eigenvalue weighted by molar-refractivity contribution is 9.10. The van der Waals surface area contributed by atoms with E-state index in [1.165, 1.54) is 5.46 Å². The Morgan fingerprint density at radius 2 is 1.67 bits per heavy atom. The maximum atomic E-state index is 3.46. The van der Waals surface area contributed by atoms with Crippen LogP contribution in [0.4, 0.5) is 0 Å². The predicted octanol–water partition coefficient (Wildman–Crippen LogP) is 0.108. The summed E-state index contributed by atoms with van der Waals surface area (Å²) in [5.41, 5.74) is 1.27. The van der Waals surface area contributed by atoms with Gasteiger partial charge < -0.3 is 11.0 Å². The van der Waals surface area contributed by atoms with Crippen LogP contribution in [0.5, 0.6) is 0 Å². The van der Waals surface area contributed by atoms with Crippen molar-refractivity contribution in [3.8, 4) is 0 Å². The van der Waals surface area contributed by atoms with E-state index in [2.05, 4.69) is 42.3 Å². The molecule has 1 aromatic carbocycles. The molecular weight excluding hydrogens is 219 g/mol. The number of alkyl halides is 1. The SMILES string of the molecule is CC(Br)[B]c1ccccc1.O.O. The van der Waals surface area contributed by atoms with Crippen molar-refractivity contribution in [2.24, 2.45) is 0 Å². The molecule has 0 fully saturated rings. The largest absolute Gasteiger partial charge is 0.412 e. The molecule has 0 saturated carbocycles. The van der Waals surface area contributed by atoms with Crippen LogP contribution in [0.15, 0.2) is 30.3 Å². The third kappa shape index (κ3) is 5.35. The Morgan fingerprint density at radius 1 is 1.17 bits per heavy atom. The molecule has 0 aromatic heterocycles. The van der Waals surface area contributed by atoms with Gasteiger partial charge >= 0.3 is 0 Å². The molecule has 4 heteroatoms. The molecule has 12 heavy (non-hydrogen) atoms. The van der Waals surface area contributed by atoms with E-state index < -0.39 is 0 Å². The fraction of sp³-hybridized carbons (Fsp3) is 0.250. The third-order valence-corrected chi connectivity index (χ3v) is 1.49. The van der Waals surface area contributed by atoms with Crippen molar-refractivity contribution in [1.82, 2.24) is 0 Å². The highest BCUT2D eigenvalue weighted by atomic mass is 79.9. The van der Waals surface area contributed by atoms with Crippen LogP contribution in [0.2, 0.25) is 0 Å². The summed E-state index contributed by atoms with van der Waals surface area (Å²) >= 11 is 3.46. The van der Waals surface area contributed by atoms with E-state index in [0.717, 1.165) is 0 Å². The van der Waals surface area contributed by atoms with Crippen molar-refractivity contribution in [3.05, 3.63) is 30.3 Å². The van der Waals surface area contributed by atoms with Crippen LogP contribution >= 0.6 is 15.9 Å². The first kappa shape index (κ1) is 14.2. The Hall–Kier alpha value is -0.315. The molecule has 1 atom stereocenters. The van der Waals surface area contributed by atoms with Crippen molar-refractivity contribution in [2.75, 3.05) is 0 Å². The van der Waals surface area contributed by atoms with Gasteiger partial charge in [0.25, 0.3) is 0 Å². The van der Waals surface area contributed by atoms with Crippen molar-refractivity contribution < 1.29 is 11.0 Å². The lowest BCUT2D eigenvalue weighted by molar-refractivity contribution is 0.823. The molecule has 0 aliphatic heterocycles. The molecule has 0 heterocycles. The number of benzene rings is 1. The minimum atomic E-state index is 0. The molecule has 0 saturated heterocycles. The van der Waals surface area contributed by atoms with Gasteiger partial charge in [0.1, 0.15) is 0 Å². The Labute approximate surface area is 82.0 Å². The Bertz CT molecular complexity index is 192. The first-order chi connectivity index (χ1) is 4.79. The lowest BCUT2D eigenvalue weighted by Gasteiger charge is -1.99. The number of hydrogen-bond donors (Lipinski definition) is 0. The minimum absolute atomic E-state index is 0. The summed E-state index contributed by atoms with van der Waals surface area (Å²) in [4.78, 5) is 0. The highest BCUT2D eigenvalue weighted by Gasteiger charge is 1.98. The number of hydrogen-bond acceptors (Lipinski definition) is 0. The van der Waals surface area contributed by atoms with Crippen LogP contribution in [0.25, 0.3) is 0 Å². The average molecular weight is 232 g/mol. The number of rotatable bonds is 2. The maximum Gasteiger partial charge on any atom is 0.168 e. The molecule has 0 aliphatic carbocycles. The molecule has 1 radical (unpaired) electrons. The van der Waals surface area contributed by atoms with Crippen LogP contribution in [0.1, 0.15) is 6.92 Å². The maximum absolute atomic E-state index is 3.46. The van der Waals surface area contributed by atoms with E-state index in [-0.39, 0.29) is 11.0 Å². The van der Waals surface area contributed by atoms with Crippen LogP contribution < -0.4 is 5.46 Å². The van der Waals surface area contributed by atoms with Gasteiger partial charge in [-0.05, 0) is 4.73 Å². The van der Waals surface area contributed by atoms with E-state index >= 15 is 0 Å². The summed E-state index contributed by atoms with van der Waals surface area (Å²) in [5, 5.41) is 0. The zero-order valence-electron chi connectivity index (χ0n) is 6.92. The predicted molar refractivity (Wildman–Crippen MR) is 57.4 cm³/mol. The summed E-state index contributed by atoms with van der Waals surface area (Å²) in [6, 6.07) is 10.3. The van der Waals surface area contributed by atoms with Gasteiger partial charge in [0.05, 0.1) is 0 Å². The summed E-state index contributed by atoms with van der Waals surface area (Å²) in [6.45, 7) is 2.10. The molecule has 1 unspecified atom stereocenters. The van der Waals surface area contributed by atoms with Gasteiger partial charge in [-0.15, -0.1) is 0 Å². The number of halogens is 1. The first-order valence-electron chi connectivity index (χ1n) is 3.33. The third-order valence-electron chi connectivity index (χ3n) is 1.22. The average Bonchev–Trinajstić information content (AvgIpc) is 1.88. The van der Waals surface area contributed by atoms with E-state index in [4.69, 9.17) is 0 Å². The molecule has 1 rings (SSSR count). The molecule has 0 spiro atoms. The van der Waals surface area contributed by atoms with Crippen molar-refractivity contribution >= 4 is 28.7 Å². The van der Waals surface area contributed by atoms with Gasteiger partial charge in [-0.1, -0.05) is 58.6 Å². The molecule has 67 valence electrons. The van der Waals surface area contributed by atoms with E-state index in [9.17, 15) is 0 Å². The summed E-state index contributed by atoms with van der Waals surface area (Å²) in [6.07, 6.45) is 0. The monoisotopic (exact) mass is 231 g/mol. The molecule has 4 N–H and O–H groups in total. The lowest BCUT2D eigenvalue weighted by Crippen LogP contribution is -2.20. The van der Waals surface area contributed by atoms with Crippen LogP contribution in [-0.2, 0) is 0 Å². The molecule has 0 amide bonds. The first-order valence-corrected chi connectivity index (χ1v) is 4.24. The standard InChI is InChI=1S/C8H9BBr.2H2O/c1-7(10)9-8-5-3-2-4-6-8;;/h2-7H,1H3;2*1H2. The fourth-order valence-corrected chi connectivity index (χ4v) is 1.13. The summed E-state index contributed by atoms with van der Waals surface area (Å²) < 4.78 is 0.454. The Balaban J connectivity index is 0. The highest BCUT2D eigenvalue weighted by Crippen LogP contribution is 1.94. The Kier molecular flexibility index (Phi) is 8.70. The minimum Gasteiger partial charge on any atom is -0.412 e. The topological polar surface area (TPSA) is 63.0 Å². The van der Waals surface area contributed by atoms with Crippen LogP contribution in [0.3, 0.4) is 0 Å². The smallest absolute Gasteiger partial charge is 0.168 e. The van der Waals surface area contributed by atoms with Crippen LogP contribution in [0, 0.1) is 0 Å². The van der Waals surface area contributed by atoms with E-state index in [0.29, 0.717) is 4.73 Å². The molecule has 1 aromatic rings. The molecular formula is C8H13BBrO2.